The average Bonchev–Trinajstić information content (AvgIpc) is 2.85. The van der Waals surface area contributed by atoms with Crippen molar-refractivity contribution in [2.45, 2.75) is 31.2 Å². The van der Waals surface area contributed by atoms with Crippen LogP contribution in [0.5, 0.6) is 0 Å². The molecule has 0 unspecified atom stereocenters. The lowest BCUT2D eigenvalue weighted by Gasteiger charge is -2.35. The predicted octanol–water partition coefficient (Wildman–Crippen LogP) is 3.37. The van der Waals surface area contributed by atoms with E-state index in [1.807, 2.05) is 19.1 Å². The van der Waals surface area contributed by atoms with Crippen LogP contribution >= 0.6 is 0 Å². The van der Waals surface area contributed by atoms with Crippen LogP contribution in [0.1, 0.15) is 28.8 Å². The number of nitrogens with zero attached hydrogens (tertiary/aromatic N) is 4. The molecule has 176 valence electrons. The van der Waals surface area contributed by atoms with Crippen molar-refractivity contribution in [2.75, 3.05) is 31.1 Å². The summed E-state index contributed by atoms with van der Waals surface area (Å²) in [5, 5.41) is 0. The zero-order valence-corrected chi connectivity index (χ0v) is 20.1. The number of rotatable bonds is 6. The molecule has 0 atom stereocenters. The van der Waals surface area contributed by atoms with Gasteiger partial charge in [0.1, 0.15) is 0 Å². The maximum absolute atomic E-state index is 12.9. The van der Waals surface area contributed by atoms with E-state index in [0.717, 1.165) is 68.3 Å². The molecule has 1 N–H and O–H groups in total. The van der Waals surface area contributed by atoms with Gasteiger partial charge in [-0.25, -0.2) is 18.4 Å². The Morgan fingerprint density at radius 1 is 0.971 bits per heavy atom. The number of allylic oxidation sites excluding steroid dienone is 1. The van der Waals surface area contributed by atoms with E-state index < -0.39 is 10.0 Å². The first-order valence-electron chi connectivity index (χ1n) is 11.7. The minimum Gasteiger partial charge on any atom is -0.338 e. The molecule has 34 heavy (non-hydrogen) atoms. The van der Waals surface area contributed by atoms with Crippen LogP contribution in [0.4, 0.5) is 5.95 Å². The van der Waals surface area contributed by atoms with Gasteiger partial charge in [-0.05, 0) is 37.5 Å². The van der Waals surface area contributed by atoms with E-state index in [2.05, 4.69) is 43.8 Å². The lowest BCUT2D eigenvalue weighted by molar-refractivity contribution is 0.248. The summed E-state index contributed by atoms with van der Waals surface area (Å²) in [4.78, 5) is 14.4. The highest BCUT2D eigenvalue weighted by molar-refractivity contribution is 7.89. The fraction of sp³-hybridized carbons (Fsp3) is 0.308. The third-order valence-electron chi connectivity index (χ3n) is 6.35. The van der Waals surface area contributed by atoms with Crippen molar-refractivity contribution in [2.24, 2.45) is 0 Å². The first-order valence-corrected chi connectivity index (χ1v) is 13.1. The summed E-state index contributed by atoms with van der Waals surface area (Å²) in [6.45, 7) is 6.53. The van der Waals surface area contributed by atoms with Gasteiger partial charge >= 0.3 is 0 Å². The molecule has 0 amide bonds. The van der Waals surface area contributed by atoms with Crippen LogP contribution in [0.25, 0.3) is 5.70 Å². The Morgan fingerprint density at radius 2 is 1.71 bits per heavy atom. The van der Waals surface area contributed by atoms with Crippen molar-refractivity contribution in [3.63, 3.8) is 0 Å². The monoisotopic (exact) mass is 475 g/mol. The SMILES string of the molecule is Cc1ccc(S(=O)(=O)NC2=CCCc3nc(N4CCN(Cc5ccccc5)CC4)ncc32)cc1. The Kier molecular flexibility index (Phi) is 6.34. The molecule has 1 fully saturated rings. The predicted molar refractivity (Wildman–Crippen MR) is 134 cm³/mol. The van der Waals surface area contributed by atoms with Crippen molar-refractivity contribution in [3.05, 3.63) is 89.3 Å². The molecule has 2 aliphatic rings. The second-order valence-corrected chi connectivity index (χ2v) is 10.5. The molecule has 3 aromatic rings. The number of nitrogens with one attached hydrogen (secondary N) is 1. The second-order valence-electron chi connectivity index (χ2n) is 8.85. The molecule has 7 nitrogen and oxygen atoms in total. The van der Waals surface area contributed by atoms with Gasteiger partial charge in [0, 0.05) is 44.5 Å². The third-order valence-corrected chi connectivity index (χ3v) is 7.74. The van der Waals surface area contributed by atoms with Crippen molar-refractivity contribution in [3.8, 4) is 0 Å². The molecule has 1 aromatic heterocycles. The quantitative estimate of drug-likeness (QED) is 0.589. The second kappa shape index (κ2) is 9.56. The van der Waals surface area contributed by atoms with Gasteiger partial charge in [-0.3, -0.25) is 9.62 Å². The Morgan fingerprint density at radius 3 is 2.44 bits per heavy atom. The van der Waals surface area contributed by atoms with Crippen molar-refractivity contribution >= 4 is 21.7 Å². The van der Waals surface area contributed by atoms with Gasteiger partial charge < -0.3 is 4.90 Å². The number of piperazine rings is 1. The van der Waals surface area contributed by atoms with Gasteiger partial charge in [0.05, 0.1) is 16.3 Å². The highest BCUT2D eigenvalue weighted by atomic mass is 32.2. The minimum absolute atomic E-state index is 0.247. The van der Waals surface area contributed by atoms with Gasteiger partial charge in [-0.15, -0.1) is 0 Å². The lowest BCUT2D eigenvalue weighted by Crippen LogP contribution is -2.46. The average molecular weight is 476 g/mol. The normalized spacial score (nSPS) is 16.6. The molecule has 1 saturated heterocycles. The van der Waals surface area contributed by atoms with Crippen molar-refractivity contribution in [1.82, 2.24) is 19.6 Å². The molecule has 5 rings (SSSR count). The number of anilines is 1. The van der Waals surface area contributed by atoms with E-state index in [-0.39, 0.29) is 4.90 Å². The molecule has 8 heteroatoms. The molecule has 1 aliphatic carbocycles. The van der Waals surface area contributed by atoms with Crippen LogP contribution in [0, 0.1) is 6.92 Å². The Bertz CT molecular complexity index is 1280. The fourth-order valence-corrected chi connectivity index (χ4v) is 5.50. The summed E-state index contributed by atoms with van der Waals surface area (Å²) in [6.07, 6.45) is 5.19. The van der Waals surface area contributed by atoms with E-state index in [9.17, 15) is 8.42 Å². The van der Waals surface area contributed by atoms with E-state index in [1.54, 1.807) is 30.5 Å². The van der Waals surface area contributed by atoms with Gasteiger partial charge in [0.2, 0.25) is 5.95 Å². The minimum atomic E-state index is -3.67. The number of fused-ring (bicyclic) bond motifs is 1. The van der Waals surface area contributed by atoms with Crippen LogP contribution in [-0.4, -0.2) is 49.5 Å². The number of aromatic nitrogens is 2. The topological polar surface area (TPSA) is 78.4 Å². The van der Waals surface area contributed by atoms with E-state index in [1.165, 1.54) is 5.56 Å². The van der Waals surface area contributed by atoms with E-state index >= 15 is 0 Å². The molecule has 2 aromatic carbocycles. The molecule has 2 heterocycles. The molecule has 0 spiro atoms. The maximum atomic E-state index is 12.9. The number of sulfonamides is 1. The van der Waals surface area contributed by atoms with Crippen molar-refractivity contribution in [1.29, 1.82) is 0 Å². The summed E-state index contributed by atoms with van der Waals surface area (Å²) in [5.41, 5.74) is 4.55. The summed E-state index contributed by atoms with van der Waals surface area (Å²) in [7, 11) is -3.67. The Hall–Kier alpha value is -3.23. The molecular formula is C26H29N5O2S. The zero-order valence-electron chi connectivity index (χ0n) is 19.3. The Balaban J connectivity index is 1.26. The summed E-state index contributed by atoms with van der Waals surface area (Å²) in [6, 6.07) is 17.4. The smallest absolute Gasteiger partial charge is 0.261 e. The first-order chi connectivity index (χ1) is 16.5. The highest BCUT2D eigenvalue weighted by Gasteiger charge is 2.24. The summed E-state index contributed by atoms with van der Waals surface area (Å²) in [5.74, 6) is 0.723. The molecule has 0 saturated carbocycles. The van der Waals surface area contributed by atoms with Crippen LogP contribution in [0.15, 0.2) is 71.8 Å². The highest BCUT2D eigenvalue weighted by Crippen LogP contribution is 2.26. The summed E-state index contributed by atoms with van der Waals surface area (Å²) < 4.78 is 28.5. The van der Waals surface area contributed by atoms with Gasteiger partial charge in [0.15, 0.2) is 0 Å². The van der Waals surface area contributed by atoms with Gasteiger partial charge in [-0.2, -0.15) is 0 Å². The fourth-order valence-electron chi connectivity index (χ4n) is 4.40. The first kappa shape index (κ1) is 22.6. The largest absolute Gasteiger partial charge is 0.338 e. The van der Waals surface area contributed by atoms with Crippen LogP contribution in [-0.2, 0) is 23.0 Å². The number of hydrogen-bond donors (Lipinski definition) is 1. The third kappa shape index (κ3) is 4.98. The maximum Gasteiger partial charge on any atom is 0.261 e. The van der Waals surface area contributed by atoms with Crippen LogP contribution in [0.3, 0.4) is 0 Å². The number of hydrogen-bond acceptors (Lipinski definition) is 6. The van der Waals surface area contributed by atoms with Gasteiger partial charge in [-0.1, -0.05) is 54.1 Å². The molecule has 1 aliphatic heterocycles. The van der Waals surface area contributed by atoms with E-state index in [4.69, 9.17) is 4.98 Å². The van der Waals surface area contributed by atoms with Crippen LogP contribution in [0.2, 0.25) is 0 Å². The zero-order chi connectivity index (χ0) is 23.5. The van der Waals surface area contributed by atoms with Gasteiger partial charge in [0.25, 0.3) is 10.0 Å². The summed E-state index contributed by atoms with van der Waals surface area (Å²) >= 11 is 0. The van der Waals surface area contributed by atoms with E-state index in [0.29, 0.717) is 5.70 Å². The molecule has 0 bridgehead atoms. The Labute approximate surface area is 201 Å². The standard InChI is InChI=1S/C26H29N5O2S/c1-20-10-12-22(13-11-20)34(32,33)29-25-9-5-8-24-23(25)18-27-26(28-24)31-16-14-30(15-17-31)19-21-6-3-2-4-7-21/h2-4,6-7,9-13,18,29H,5,8,14-17,19H2,1H3. The number of aryl methyl sites for hydroxylation is 2. The lowest BCUT2D eigenvalue weighted by atomic mass is 10.0. The van der Waals surface area contributed by atoms with Crippen LogP contribution < -0.4 is 9.62 Å². The number of benzene rings is 2. The van der Waals surface area contributed by atoms with Crippen molar-refractivity contribution < 1.29 is 8.42 Å². The molecule has 0 radical (unpaired) electrons. The molecular weight excluding hydrogens is 446 g/mol.